The number of hydrogen-bond donors (Lipinski definition) is 6. The van der Waals surface area contributed by atoms with E-state index in [9.17, 15) is 25.5 Å². The normalized spacial score (nSPS) is 42.0. The molecule has 2 saturated heterocycles. The van der Waals surface area contributed by atoms with Crippen LogP contribution in [0.2, 0.25) is 0 Å². The first-order valence-electron chi connectivity index (χ1n) is 7.76. The highest BCUT2D eigenvalue weighted by atomic mass is 16.8. The van der Waals surface area contributed by atoms with Gasteiger partial charge in [-0.1, -0.05) is 0 Å². The van der Waals surface area contributed by atoms with Crippen molar-refractivity contribution in [1.29, 1.82) is 0 Å². The second kappa shape index (κ2) is 7.87. The van der Waals surface area contributed by atoms with E-state index in [1.54, 1.807) is 13.8 Å². The summed E-state index contributed by atoms with van der Waals surface area (Å²) in [6, 6.07) is 0. The van der Waals surface area contributed by atoms with Gasteiger partial charge in [0.05, 0.1) is 19.8 Å². The molecule has 10 heteroatoms. The molecule has 0 unspecified atom stereocenters. The molecule has 2 heterocycles. The van der Waals surface area contributed by atoms with Gasteiger partial charge in [-0.15, -0.1) is 0 Å². The lowest BCUT2D eigenvalue weighted by Crippen LogP contribution is -2.54. The molecule has 142 valence electrons. The highest BCUT2D eigenvalue weighted by molar-refractivity contribution is 4.91. The third-order valence-electron chi connectivity index (χ3n) is 3.99. The van der Waals surface area contributed by atoms with E-state index >= 15 is 0 Å². The molecule has 0 saturated carbocycles. The van der Waals surface area contributed by atoms with Gasteiger partial charge in [-0.05, 0) is 13.8 Å². The van der Waals surface area contributed by atoms with E-state index in [-0.39, 0.29) is 13.2 Å². The Balaban J connectivity index is 1.92. The van der Waals surface area contributed by atoms with Gasteiger partial charge >= 0.3 is 0 Å². The van der Waals surface area contributed by atoms with E-state index in [0.717, 1.165) is 0 Å². The van der Waals surface area contributed by atoms with Gasteiger partial charge in [-0.2, -0.15) is 0 Å². The number of rotatable bonds is 6. The Morgan fingerprint density at radius 2 is 1.62 bits per heavy atom. The molecule has 10 nitrogen and oxygen atoms in total. The summed E-state index contributed by atoms with van der Waals surface area (Å²) in [7, 11) is 0. The zero-order valence-corrected chi connectivity index (χ0v) is 13.6. The lowest BCUT2D eigenvalue weighted by Gasteiger charge is -2.35. The Bertz CT molecular complexity index is 405. The molecule has 2 fully saturated rings. The highest BCUT2D eigenvalue weighted by Crippen LogP contribution is 2.32. The monoisotopic (exact) mass is 354 g/mol. The van der Waals surface area contributed by atoms with Crippen molar-refractivity contribution < 1.29 is 49.6 Å². The number of aliphatic hydroxyl groups is 6. The fourth-order valence-corrected chi connectivity index (χ4v) is 2.73. The van der Waals surface area contributed by atoms with Gasteiger partial charge in [0.25, 0.3) is 0 Å². The second-order valence-electron chi connectivity index (χ2n) is 6.47. The molecular weight excluding hydrogens is 328 g/mol. The second-order valence-corrected chi connectivity index (χ2v) is 6.47. The minimum absolute atomic E-state index is 0.221. The predicted octanol–water partition coefficient (Wildman–Crippen LogP) is -3.32. The molecule has 8 atom stereocenters. The molecule has 0 radical (unpaired) electrons. The average Bonchev–Trinajstić information content (AvgIpc) is 2.87. The fourth-order valence-electron chi connectivity index (χ4n) is 2.73. The van der Waals surface area contributed by atoms with Gasteiger partial charge in [0.1, 0.15) is 42.7 Å². The molecule has 2 rings (SSSR count). The van der Waals surface area contributed by atoms with E-state index in [1.807, 2.05) is 0 Å². The Morgan fingerprint density at radius 1 is 1.04 bits per heavy atom. The van der Waals surface area contributed by atoms with E-state index in [2.05, 4.69) is 0 Å². The topological polar surface area (TPSA) is 158 Å². The zero-order valence-electron chi connectivity index (χ0n) is 13.6. The third kappa shape index (κ3) is 4.41. The Labute approximate surface area is 139 Å². The summed E-state index contributed by atoms with van der Waals surface area (Å²) in [6.45, 7) is 2.07. The maximum absolute atomic E-state index is 10.3. The van der Waals surface area contributed by atoms with Crippen LogP contribution in [0.5, 0.6) is 0 Å². The van der Waals surface area contributed by atoms with Crippen molar-refractivity contribution in [2.45, 2.75) is 68.7 Å². The van der Waals surface area contributed by atoms with Gasteiger partial charge in [0, 0.05) is 0 Å². The van der Waals surface area contributed by atoms with Crippen molar-refractivity contribution in [3.05, 3.63) is 0 Å². The first-order valence-corrected chi connectivity index (χ1v) is 7.76. The lowest BCUT2D eigenvalue weighted by atomic mass is 10.0. The van der Waals surface area contributed by atoms with Crippen LogP contribution in [0, 0.1) is 0 Å². The van der Waals surface area contributed by atoms with Crippen molar-refractivity contribution in [3.63, 3.8) is 0 Å². The van der Waals surface area contributed by atoms with Crippen LogP contribution in [-0.4, -0.2) is 105 Å². The van der Waals surface area contributed by atoms with Crippen molar-refractivity contribution in [2.75, 3.05) is 19.8 Å². The van der Waals surface area contributed by atoms with E-state index in [1.165, 1.54) is 0 Å². The quantitative estimate of drug-likeness (QED) is 0.285. The van der Waals surface area contributed by atoms with Crippen LogP contribution in [-0.2, 0) is 18.9 Å². The number of aliphatic hydroxyl groups excluding tert-OH is 6. The van der Waals surface area contributed by atoms with Gasteiger partial charge < -0.3 is 49.6 Å². The minimum Gasteiger partial charge on any atom is -0.394 e. The minimum atomic E-state index is -1.48. The maximum atomic E-state index is 10.3. The summed E-state index contributed by atoms with van der Waals surface area (Å²) in [5.74, 6) is -1.06. The number of ether oxygens (including phenoxy) is 4. The Kier molecular flexibility index (Phi) is 6.53. The molecule has 0 aromatic heterocycles. The van der Waals surface area contributed by atoms with Crippen molar-refractivity contribution in [2.24, 2.45) is 0 Å². The third-order valence-corrected chi connectivity index (χ3v) is 3.99. The highest BCUT2D eigenvalue weighted by Gasteiger charge is 2.48. The van der Waals surface area contributed by atoms with E-state index in [0.29, 0.717) is 0 Å². The maximum Gasteiger partial charge on any atom is 0.186 e. The van der Waals surface area contributed by atoms with Crippen LogP contribution in [0.25, 0.3) is 0 Å². The van der Waals surface area contributed by atoms with Crippen molar-refractivity contribution in [3.8, 4) is 0 Å². The van der Waals surface area contributed by atoms with Crippen LogP contribution in [0.15, 0.2) is 0 Å². The summed E-state index contributed by atoms with van der Waals surface area (Å²) < 4.78 is 21.3. The van der Waals surface area contributed by atoms with Crippen LogP contribution in [0.1, 0.15) is 13.8 Å². The molecule has 2 aliphatic heterocycles. The van der Waals surface area contributed by atoms with Crippen LogP contribution in [0.3, 0.4) is 0 Å². The lowest BCUT2D eigenvalue weighted by molar-refractivity contribution is -0.277. The summed E-state index contributed by atoms with van der Waals surface area (Å²) >= 11 is 0. The molecular formula is C14H26O10. The van der Waals surface area contributed by atoms with E-state index < -0.39 is 61.4 Å². The first kappa shape index (κ1) is 19.9. The van der Waals surface area contributed by atoms with Gasteiger partial charge in [0.15, 0.2) is 12.1 Å². The SMILES string of the molecule is CC1(C)O[C@H]([C@H](O)CO)[C@@H]([C@H](O)CO[C@H]2OC[C@@H](O)[C@@H](O)[C@@H]2O)O1. The molecule has 24 heavy (non-hydrogen) atoms. The number of hydrogen-bond acceptors (Lipinski definition) is 10. The van der Waals surface area contributed by atoms with E-state index in [4.69, 9.17) is 24.1 Å². The zero-order chi connectivity index (χ0) is 18.1. The summed E-state index contributed by atoms with van der Waals surface area (Å²) in [4.78, 5) is 0. The molecule has 0 amide bonds. The first-order chi connectivity index (χ1) is 11.2. The van der Waals surface area contributed by atoms with Gasteiger partial charge in [-0.3, -0.25) is 0 Å². The van der Waals surface area contributed by atoms with Crippen molar-refractivity contribution in [1.82, 2.24) is 0 Å². The molecule has 2 aliphatic rings. The smallest absolute Gasteiger partial charge is 0.186 e. The molecule has 0 aromatic rings. The van der Waals surface area contributed by atoms with Crippen LogP contribution >= 0.6 is 0 Å². The Hall–Kier alpha value is -0.400. The van der Waals surface area contributed by atoms with Gasteiger partial charge in [0.2, 0.25) is 0 Å². The molecule has 0 aromatic carbocycles. The largest absolute Gasteiger partial charge is 0.394 e. The molecule has 0 aliphatic carbocycles. The van der Waals surface area contributed by atoms with Gasteiger partial charge in [-0.25, -0.2) is 0 Å². The van der Waals surface area contributed by atoms with Crippen LogP contribution < -0.4 is 0 Å². The predicted molar refractivity (Wildman–Crippen MR) is 76.6 cm³/mol. The summed E-state index contributed by atoms with van der Waals surface area (Å²) in [5, 5.41) is 57.9. The summed E-state index contributed by atoms with van der Waals surface area (Å²) in [5.41, 5.74) is 0. The fraction of sp³-hybridized carbons (Fsp3) is 1.00. The molecule has 0 spiro atoms. The summed E-state index contributed by atoms with van der Waals surface area (Å²) in [6.07, 6.45) is -9.79. The van der Waals surface area contributed by atoms with Crippen LogP contribution in [0.4, 0.5) is 0 Å². The molecule has 6 N–H and O–H groups in total. The molecule has 0 bridgehead atoms. The standard InChI is InChI=1S/C14H26O10/c1-14(2)23-11(6(16)3-15)12(24-14)8(18)5-22-13-10(20)9(19)7(17)4-21-13/h6-13,15-20H,3-5H2,1-2H3/t6-,7-,8-,9-,10+,11-,12-,13-/m1/s1. The average molecular weight is 354 g/mol. The Morgan fingerprint density at radius 3 is 2.21 bits per heavy atom. The van der Waals surface area contributed by atoms with Crippen molar-refractivity contribution >= 4 is 0 Å².